The van der Waals surface area contributed by atoms with Crippen LogP contribution in [0.2, 0.25) is 16.6 Å². The lowest BCUT2D eigenvalue weighted by Gasteiger charge is -2.50. The summed E-state index contributed by atoms with van der Waals surface area (Å²) in [6.45, 7) is 16.1. The molecule has 6 heteroatoms. The second-order valence-electron chi connectivity index (χ2n) is 8.83. The molecule has 0 aromatic rings. The maximum Gasteiger partial charge on any atom is 0.303 e. The van der Waals surface area contributed by atoms with Crippen LogP contribution in [0.15, 0.2) is 11.4 Å². The van der Waals surface area contributed by atoms with Gasteiger partial charge < -0.3 is 9.64 Å². The molecule has 2 aliphatic rings. The second kappa shape index (κ2) is 6.95. The number of hydrogen-bond acceptors (Lipinski definition) is 4. The molecule has 1 saturated heterocycles. The van der Waals surface area contributed by atoms with Gasteiger partial charge in [-0.1, -0.05) is 41.5 Å². The first-order valence-electron chi connectivity index (χ1n) is 9.68. The quantitative estimate of drug-likeness (QED) is 0.535. The van der Waals surface area contributed by atoms with E-state index in [1.165, 1.54) is 6.92 Å². The number of carbonyl (C=O) groups is 3. The lowest BCUT2D eigenvalue weighted by molar-refractivity contribution is -0.169. The van der Waals surface area contributed by atoms with Crippen LogP contribution >= 0.6 is 0 Å². The minimum atomic E-state index is -2.29. The van der Waals surface area contributed by atoms with Crippen molar-refractivity contribution in [3.63, 3.8) is 0 Å². The third kappa shape index (κ3) is 2.86. The van der Waals surface area contributed by atoms with E-state index in [2.05, 4.69) is 41.5 Å². The highest BCUT2D eigenvalue weighted by atomic mass is 28.3. The molecule has 0 radical (unpaired) electrons. The monoisotopic (exact) mass is 379 g/mol. The summed E-state index contributed by atoms with van der Waals surface area (Å²) < 4.78 is 5.62. The molecule has 2 aliphatic heterocycles. The average molecular weight is 380 g/mol. The van der Waals surface area contributed by atoms with E-state index >= 15 is 0 Å². The van der Waals surface area contributed by atoms with E-state index in [1.54, 1.807) is 11.8 Å². The third-order valence-corrected chi connectivity index (χ3v) is 13.6. The van der Waals surface area contributed by atoms with Crippen LogP contribution in [0.5, 0.6) is 0 Å². The molecule has 2 atom stereocenters. The molecule has 26 heavy (non-hydrogen) atoms. The van der Waals surface area contributed by atoms with Crippen LogP contribution in [0.3, 0.4) is 0 Å². The second-order valence-corrected chi connectivity index (χ2v) is 14.7. The van der Waals surface area contributed by atoms with Crippen molar-refractivity contribution in [3.05, 3.63) is 11.4 Å². The van der Waals surface area contributed by atoms with Gasteiger partial charge in [0.2, 0.25) is 11.7 Å². The predicted molar refractivity (Wildman–Crippen MR) is 104 cm³/mol. The maximum absolute atomic E-state index is 13.7. The number of amides is 1. The first-order valence-corrected chi connectivity index (χ1v) is 11.9. The third-order valence-electron chi connectivity index (χ3n) is 6.54. The fraction of sp³-hybridized carbons (Fsp3) is 0.750. The highest BCUT2D eigenvalue weighted by Crippen LogP contribution is 2.50. The molecular formula is C20H33NO4Si. The van der Waals surface area contributed by atoms with Crippen molar-refractivity contribution >= 4 is 25.7 Å². The summed E-state index contributed by atoms with van der Waals surface area (Å²) in [5.74, 6) is -0.559. The van der Waals surface area contributed by atoms with E-state index < -0.39 is 25.7 Å². The summed E-state index contributed by atoms with van der Waals surface area (Å²) in [5, 5.41) is 0.757. The minimum Gasteiger partial charge on any atom is -0.449 e. The van der Waals surface area contributed by atoms with Crippen LogP contribution in [0, 0.1) is 0 Å². The van der Waals surface area contributed by atoms with Gasteiger partial charge in [-0.15, -0.1) is 0 Å². The van der Waals surface area contributed by atoms with Gasteiger partial charge in [-0.2, -0.15) is 0 Å². The van der Waals surface area contributed by atoms with Gasteiger partial charge in [0.1, 0.15) is 8.07 Å². The van der Waals surface area contributed by atoms with Gasteiger partial charge in [-0.25, -0.2) is 0 Å². The molecule has 1 fully saturated rings. The fourth-order valence-corrected chi connectivity index (χ4v) is 12.5. The number of esters is 1. The highest BCUT2D eigenvalue weighted by molar-refractivity contribution is 6.93. The Bertz CT molecular complexity index is 630. The van der Waals surface area contributed by atoms with Crippen molar-refractivity contribution in [2.45, 2.75) is 96.5 Å². The van der Waals surface area contributed by atoms with Crippen LogP contribution in [0.25, 0.3) is 0 Å². The smallest absolute Gasteiger partial charge is 0.303 e. The lowest BCUT2D eigenvalue weighted by atomic mass is 9.87. The first-order chi connectivity index (χ1) is 11.9. The molecule has 0 aromatic heterocycles. The zero-order valence-corrected chi connectivity index (χ0v) is 18.4. The number of fused-ring (bicyclic) bond motifs is 1. The number of hydrogen-bond donors (Lipinski definition) is 0. The number of ether oxygens (including phenoxy) is 1. The van der Waals surface area contributed by atoms with Crippen molar-refractivity contribution in [1.29, 1.82) is 0 Å². The Morgan fingerprint density at radius 2 is 1.65 bits per heavy atom. The average Bonchev–Trinajstić information content (AvgIpc) is 2.85. The summed E-state index contributed by atoms with van der Waals surface area (Å²) >= 11 is 0. The molecule has 0 aliphatic carbocycles. The number of nitrogens with zero attached hydrogens (tertiary/aromatic N) is 1. The number of carbonyl (C=O) groups excluding carboxylic acids is 3. The van der Waals surface area contributed by atoms with E-state index in [9.17, 15) is 14.4 Å². The Morgan fingerprint density at radius 3 is 2.08 bits per heavy atom. The van der Waals surface area contributed by atoms with E-state index in [0.717, 1.165) is 5.20 Å². The standard InChI is InChI=1S/C20H33NO4Si/c1-12(2)26(13(3)4,14(5)6)16-11-21-17(9-10-18(21)23)20(8,19(16)24)25-15(7)22/h11-14,17H,9-10H2,1-8H3/t17-,20+/m0/s1. The molecule has 0 saturated carbocycles. The highest BCUT2D eigenvalue weighted by Gasteiger charge is 2.60. The van der Waals surface area contributed by atoms with Crippen LogP contribution in [-0.4, -0.2) is 42.3 Å². The molecule has 1 amide bonds. The molecule has 2 rings (SSSR count). The zero-order chi connectivity index (χ0) is 20.0. The number of Topliss-reactive ketones (excluding diaryl/α,β-unsaturated/α-hetero) is 1. The number of rotatable bonds is 5. The van der Waals surface area contributed by atoms with E-state index in [1.807, 2.05) is 6.20 Å². The Morgan fingerprint density at radius 1 is 1.15 bits per heavy atom. The predicted octanol–water partition coefficient (Wildman–Crippen LogP) is 3.98. The van der Waals surface area contributed by atoms with Crippen LogP contribution < -0.4 is 0 Å². The summed E-state index contributed by atoms with van der Waals surface area (Å²) in [7, 11) is -2.29. The van der Waals surface area contributed by atoms with E-state index in [4.69, 9.17) is 4.74 Å². The molecule has 0 aromatic carbocycles. The van der Waals surface area contributed by atoms with Crippen molar-refractivity contribution in [2.24, 2.45) is 0 Å². The van der Waals surface area contributed by atoms with Gasteiger partial charge in [0, 0.05) is 24.7 Å². The zero-order valence-electron chi connectivity index (χ0n) is 17.4. The molecule has 2 heterocycles. The van der Waals surface area contributed by atoms with Crippen molar-refractivity contribution in [1.82, 2.24) is 4.90 Å². The maximum atomic E-state index is 13.7. The molecule has 5 nitrogen and oxygen atoms in total. The SMILES string of the molecule is CC(=O)O[C@@]1(C)C(=O)C([Si](C(C)C)(C(C)C)C(C)C)=CN2C(=O)CC[C@H]21. The Kier molecular flexibility index (Phi) is 5.58. The lowest BCUT2D eigenvalue weighted by Crippen LogP contribution is -2.63. The summed E-state index contributed by atoms with van der Waals surface area (Å²) in [6, 6.07) is -0.395. The summed E-state index contributed by atoms with van der Waals surface area (Å²) in [4.78, 5) is 39.8. The molecule has 0 N–H and O–H groups in total. The van der Waals surface area contributed by atoms with Crippen molar-refractivity contribution in [3.8, 4) is 0 Å². The molecule has 0 spiro atoms. The molecule has 0 unspecified atom stereocenters. The van der Waals surface area contributed by atoms with Crippen LogP contribution in [0.4, 0.5) is 0 Å². The van der Waals surface area contributed by atoms with Crippen molar-refractivity contribution in [2.75, 3.05) is 0 Å². The van der Waals surface area contributed by atoms with E-state index in [-0.39, 0.29) is 11.7 Å². The van der Waals surface area contributed by atoms with Gasteiger partial charge >= 0.3 is 5.97 Å². The van der Waals surface area contributed by atoms with Gasteiger partial charge in [0.25, 0.3) is 0 Å². The Labute approximate surface area is 158 Å². The van der Waals surface area contributed by atoms with Crippen LogP contribution in [-0.2, 0) is 19.1 Å². The first kappa shape index (κ1) is 20.9. The topological polar surface area (TPSA) is 63.7 Å². The normalized spacial score (nSPS) is 26.7. The Balaban J connectivity index is 2.73. The van der Waals surface area contributed by atoms with Gasteiger partial charge in [-0.05, 0) is 30.0 Å². The molecule has 146 valence electrons. The van der Waals surface area contributed by atoms with Gasteiger partial charge in [0.15, 0.2) is 5.60 Å². The van der Waals surface area contributed by atoms with Gasteiger partial charge in [0.05, 0.1) is 6.04 Å². The van der Waals surface area contributed by atoms with E-state index in [0.29, 0.717) is 29.5 Å². The summed E-state index contributed by atoms with van der Waals surface area (Å²) in [6.07, 6.45) is 2.76. The van der Waals surface area contributed by atoms with Crippen LogP contribution in [0.1, 0.15) is 68.2 Å². The fourth-order valence-electron chi connectivity index (χ4n) is 5.68. The van der Waals surface area contributed by atoms with Gasteiger partial charge in [-0.3, -0.25) is 14.4 Å². The molecule has 0 bridgehead atoms. The minimum absolute atomic E-state index is 0.0116. The number of ketones is 1. The Hall–Kier alpha value is -1.43. The summed E-state index contributed by atoms with van der Waals surface area (Å²) in [5.41, 5.74) is -0.311. The van der Waals surface area contributed by atoms with Crippen molar-refractivity contribution < 1.29 is 19.1 Å². The largest absolute Gasteiger partial charge is 0.449 e. The molecular weight excluding hydrogens is 346 g/mol.